The minimum Gasteiger partial charge on any atom is -0.476 e. The van der Waals surface area contributed by atoms with Gasteiger partial charge in [0.05, 0.1) is 29.0 Å². The van der Waals surface area contributed by atoms with E-state index in [-0.39, 0.29) is 29.4 Å². The Balaban J connectivity index is 1.84. The normalized spacial score (nSPS) is 17.1. The van der Waals surface area contributed by atoms with Gasteiger partial charge < -0.3 is 18.5 Å². The maximum absolute atomic E-state index is 13.9. The maximum atomic E-state index is 13.9. The number of hydrogen-bond acceptors (Lipinski definition) is 6. The monoisotopic (exact) mass is 473 g/mol. The van der Waals surface area contributed by atoms with Crippen LogP contribution in [0.4, 0.5) is 0 Å². The van der Waals surface area contributed by atoms with E-state index < -0.39 is 23.6 Å². The van der Waals surface area contributed by atoms with Gasteiger partial charge in [0.2, 0.25) is 6.10 Å². The van der Waals surface area contributed by atoms with Crippen LogP contribution < -0.4 is 15.9 Å². The summed E-state index contributed by atoms with van der Waals surface area (Å²) in [5, 5.41) is 1.42. The lowest BCUT2D eigenvalue weighted by molar-refractivity contribution is -0.151. The number of benzene rings is 2. The molecule has 180 valence electrons. The highest BCUT2D eigenvalue weighted by Crippen LogP contribution is 2.44. The van der Waals surface area contributed by atoms with Gasteiger partial charge in [-0.05, 0) is 55.5 Å². The Hall–Kier alpha value is -3.87. The number of aryl methyl sites for hydroxylation is 1. The molecule has 0 spiro atoms. The molecule has 0 fully saturated rings. The Kier molecular flexibility index (Phi) is 5.71. The molecule has 7 heteroatoms. The van der Waals surface area contributed by atoms with Crippen LogP contribution in [0, 0.1) is 12.8 Å². The van der Waals surface area contributed by atoms with Crippen molar-refractivity contribution in [1.29, 1.82) is 0 Å². The Morgan fingerprint density at radius 2 is 1.89 bits per heavy atom. The number of nitrogens with zero attached hydrogens (tertiary/aromatic N) is 1. The van der Waals surface area contributed by atoms with E-state index in [2.05, 4.69) is 0 Å². The van der Waals surface area contributed by atoms with Crippen LogP contribution >= 0.6 is 0 Å². The lowest BCUT2D eigenvalue weighted by atomic mass is 9.88. The molecule has 2 aromatic heterocycles. The number of para-hydroxylation sites is 1. The van der Waals surface area contributed by atoms with E-state index in [9.17, 15) is 14.4 Å². The Morgan fingerprint density at radius 1 is 1.11 bits per heavy atom. The van der Waals surface area contributed by atoms with Gasteiger partial charge in [0.25, 0.3) is 5.56 Å². The van der Waals surface area contributed by atoms with Gasteiger partial charge in [-0.25, -0.2) is 9.59 Å². The summed E-state index contributed by atoms with van der Waals surface area (Å²) in [4.78, 5) is 40.2. The molecule has 0 aliphatic carbocycles. The van der Waals surface area contributed by atoms with E-state index >= 15 is 0 Å². The number of carbonyl (C=O) groups is 1. The molecule has 1 aliphatic heterocycles. The molecule has 0 N–H and O–H groups in total. The van der Waals surface area contributed by atoms with E-state index in [1.54, 1.807) is 41.8 Å². The third-order valence-corrected chi connectivity index (χ3v) is 6.34. The zero-order valence-corrected chi connectivity index (χ0v) is 20.2. The maximum Gasteiger partial charge on any atom is 0.348 e. The minimum absolute atomic E-state index is 0.144. The molecule has 0 radical (unpaired) electrons. The highest BCUT2D eigenvalue weighted by atomic mass is 16.6. The summed E-state index contributed by atoms with van der Waals surface area (Å²) in [6, 6.07) is 14.6. The van der Waals surface area contributed by atoms with Crippen molar-refractivity contribution in [3.05, 3.63) is 86.0 Å². The van der Waals surface area contributed by atoms with Gasteiger partial charge in [0.15, 0.2) is 0 Å². The highest BCUT2D eigenvalue weighted by molar-refractivity contribution is 5.89. The molecule has 3 heterocycles. The predicted octanol–water partition coefficient (Wildman–Crippen LogP) is 4.53. The fourth-order valence-electron chi connectivity index (χ4n) is 4.90. The number of esters is 1. The van der Waals surface area contributed by atoms with E-state index in [1.807, 2.05) is 39.0 Å². The fraction of sp³-hybridized carbons (Fsp3) is 0.321. The molecule has 2 atom stereocenters. The summed E-state index contributed by atoms with van der Waals surface area (Å²) in [5.41, 5.74) is 1.77. The van der Waals surface area contributed by atoms with Gasteiger partial charge in [-0.15, -0.1) is 0 Å². The van der Waals surface area contributed by atoms with Crippen LogP contribution in [0.3, 0.4) is 0 Å². The van der Waals surface area contributed by atoms with E-state index in [4.69, 9.17) is 13.9 Å². The number of aromatic nitrogens is 1. The predicted molar refractivity (Wildman–Crippen MR) is 133 cm³/mol. The Bertz CT molecular complexity index is 1580. The zero-order chi connectivity index (χ0) is 24.9. The smallest absolute Gasteiger partial charge is 0.348 e. The summed E-state index contributed by atoms with van der Waals surface area (Å²) >= 11 is 0. The van der Waals surface area contributed by atoms with Gasteiger partial charge in [-0.1, -0.05) is 37.6 Å². The molecule has 4 aromatic rings. The summed E-state index contributed by atoms with van der Waals surface area (Å²) in [6.07, 6.45) is -1.18. The lowest BCUT2D eigenvalue weighted by Crippen LogP contribution is -2.37. The van der Waals surface area contributed by atoms with E-state index in [0.29, 0.717) is 23.1 Å². The van der Waals surface area contributed by atoms with Crippen molar-refractivity contribution in [2.24, 2.45) is 5.92 Å². The zero-order valence-electron chi connectivity index (χ0n) is 20.2. The van der Waals surface area contributed by atoms with Crippen LogP contribution in [0.5, 0.6) is 5.75 Å². The SMILES string of the molecule is CCOC(=O)[C@@H]1Oc2c(c(=O)oc3ccccc23)[C@H]1c1cc2cc(C)ccc2n(CC(C)C)c1=O. The van der Waals surface area contributed by atoms with Gasteiger partial charge in [-0.2, -0.15) is 0 Å². The van der Waals surface area contributed by atoms with Crippen molar-refractivity contribution < 1.29 is 18.7 Å². The van der Waals surface area contributed by atoms with Crippen LogP contribution in [0.2, 0.25) is 0 Å². The van der Waals surface area contributed by atoms with Gasteiger partial charge in [0, 0.05) is 12.1 Å². The number of hydrogen-bond donors (Lipinski definition) is 0. The molecule has 0 amide bonds. The third-order valence-electron chi connectivity index (χ3n) is 6.34. The average Bonchev–Trinajstić information content (AvgIpc) is 3.22. The standard InChI is InChI=1S/C28H27NO6/c1-5-33-28(32)25-22(23-24(35-25)18-8-6-7-9-21(18)34-27(23)31)19-13-17-12-16(4)10-11-20(17)29(26(19)30)14-15(2)3/h6-13,15,22,25H,5,14H2,1-4H3/t22-,25-/m1/s1. The molecular weight excluding hydrogens is 446 g/mol. The second-order valence-electron chi connectivity index (χ2n) is 9.37. The van der Waals surface area contributed by atoms with Gasteiger partial charge in [0.1, 0.15) is 11.3 Å². The molecule has 0 bridgehead atoms. The molecule has 2 aromatic carbocycles. The van der Waals surface area contributed by atoms with Crippen molar-refractivity contribution in [1.82, 2.24) is 4.57 Å². The van der Waals surface area contributed by atoms with Crippen LogP contribution in [0.25, 0.3) is 21.9 Å². The third kappa shape index (κ3) is 3.81. The topological polar surface area (TPSA) is 87.7 Å². The van der Waals surface area contributed by atoms with Crippen molar-refractivity contribution >= 4 is 27.8 Å². The molecular formula is C28H27NO6. The first-order valence-electron chi connectivity index (χ1n) is 11.8. The number of rotatable bonds is 5. The number of fused-ring (bicyclic) bond motifs is 4. The first kappa shape index (κ1) is 22.9. The molecule has 0 saturated carbocycles. The fourth-order valence-corrected chi connectivity index (χ4v) is 4.90. The van der Waals surface area contributed by atoms with Gasteiger partial charge in [-0.3, -0.25) is 4.79 Å². The average molecular weight is 474 g/mol. The largest absolute Gasteiger partial charge is 0.476 e. The van der Waals surface area contributed by atoms with Crippen LogP contribution in [-0.2, 0) is 16.1 Å². The van der Waals surface area contributed by atoms with Crippen molar-refractivity contribution in [3.63, 3.8) is 0 Å². The Labute approximate surface area is 201 Å². The second kappa shape index (κ2) is 8.73. The first-order valence-corrected chi connectivity index (χ1v) is 11.8. The number of pyridine rings is 1. The van der Waals surface area contributed by atoms with E-state index in [0.717, 1.165) is 16.5 Å². The van der Waals surface area contributed by atoms with Crippen molar-refractivity contribution in [2.45, 2.75) is 46.3 Å². The summed E-state index contributed by atoms with van der Waals surface area (Å²) < 4.78 is 18.7. The summed E-state index contributed by atoms with van der Waals surface area (Å²) in [6.45, 7) is 8.39. The summed E-state index contributed by atoms with van der Waals surface area (Å²) in [7, 11) is 0. The first-order chi connectivity index (χ1) is 16.8. The second-order valence-corrected chi connectivity index (χ2v) is 9.37. The Morgan fingerprint density at radius 3 is 2.63 bits per heavy atom. The molecule has 7 nitrogen and oxygen atoms in total. The van der Waals surface area contributed by atoms with Crippen LogP contribution in [-0.4, -0.2) is 23.2 Å². The molecule has 1 aliphatic rings. The van der Waals surface area contributed by atoms with E-state index in [1.165, 1.54) is 0 Å². The quantitative estimate of drug-likeness (QED) is 0.313. The number of carbonyl (C=O) groups excluding carboxylic acids is 1. The highest BCUT2D eigenvalue weighted by Gasteiger charge is 2.46. The van der Waals surface area contributed by atoms with Gasteiger partial charge >= 0.3 is 11.6 Å². The van der Waals surface area contributed by atoms with Crippen LogP contribution in [0.1, 0.15) is 43.4 Å². The molecule has 5 rings (SSSR count). The van der Waals surface area contributed by atoms with Crippen LogP contribution in [0.15, 0.2) is 62.5 Å². The van der Waals surface area contributed by atoms with Crippen molar-refractivity contribution in [2.75, 3.05) is 6.61 Å². The minimum atomic E-state index is -1.18. The molecule has 35 heavy (non-hydrogen) atoms. The molecule has 0 saturated heterocycles. The lowest BCUT2D eigenvalue weighted by Gasteiger charge is -2.20. The van der Waals surface area contributed by atoms with Crippen molar-refractivity contribution in [3.8, 4) is 5.75 Å². The summed E-state index contributed by atoms with van der Waals surface area (Å²) in [5.74, 6) is -1.12. The molecule has 0 unspecified atom stereocenters. The number of ether oxygens (including phenoxy) is 2.